The molecule has 5 nitrogen and oxygen atoms in total. The van der Waals surface area contributed by atoms with Crippen LogP contribution < -0.4 is 0 Å². The second-order valence-electron chi connectivity index (χ2n) is 6.88. The van der Waals surface area contributed by atoms with E-state index in [0.717, 1.165) is 25.7 Å². The maximum atomic E-state index is 12.8. The smallest absolute Gasteiger partial charge is 0.338 e. The number of hydrogen-bond acceptors (Lipinski definition) is 3. The monoisotopic (exact) mass is 380 g/mol. The van der Waals surface area contributed by atoms with Crippen molar-refractivity contribution in [3.63, 3.8) is 0 Å². The van der Waals surface area contributed by atoms with Crippen molar-refractivity contribution in [2.45, 2.75) is 32.6 Å². The van der Waals surface area contributed by atoms with Crippen molar-refractivity contribution in [2.75, 3.05) is 26.2 Å². The van der Waals surface area contributed by atoms with Crippen LogP contribution in [0.1, 0.15) is 29.9 Å². The number of piperazine rings is 1. The van der Waals surface area contributed by atoms with Crippen molar-refractivity contribution in [2.24, 2.45) is 0 Å². The molecule has 1 aromatic carbocycles. The Hall–Kier alpha value is -2.35. The minimum absolute atomic E-state index is 0.200. The minimum atomic E-state index is -4.51. The first-order valence-electron chi connectivity index (χ1n) is 8.94. The molecule has 27 heavy (non-hydrogen) atoms. The van der Waals surface area contributed by atoms with Crippen molar-refractivity contribution >= 4 is 5.91 Å². The highest BCUT2D eigenvalue weighted by atomic mass is 19.4. The minimum Gasteiger partial charge on any atom is -0.338 e. The van der Waals surface area contributed by atoms with Gasteiger partial charge in [0.2, 0.25) is 5.91 Å². The van der Waals surface area contributed by atoms with Gasteiger partial charge in [-0.15, -0.1) is 0 Å². The summed E-state index contributed by atoms with van der Waals surface area (Å²) >= 11 is 0. The molecule has 0 radical (unpaired) electrons. The second kappa shape index (κ2) is 7.72. The predicted octanol–water partition coefficient (Wildman–Crippen LogP) is 3.12. The van der Waals surface area contributed by atoms with Gasteiger partial charge in [0.25, 0.3) is 0 Å². The van der Waals surface area contributed by atoms with Crippen molar-refractivity contribution in [3.8, 4) is 0 Å². The summed E-state index contributed by atoms with van der Waals surface area (Å²) in [6, 6.07) is 10.3. The molecule has 0 saturated carbocycles. The van der Waals surface area contributed by atoms with Gasteiger partial charge in [-0.05, 0) is 25.5 Å². The lowest BCUT2D eigenvalue weighted by Gasteiger charge is -2.36. The first kappa shape index (κ1) is 19.4. The highest BCUT2D eigenvalue weighted by molar-refractivity contribution is 5.80. The fourth-order valence-corrected chi connectivity index (χ4v) is 3.36. The van der Waals surface area contributed by atoms with Gasteiger partial charge in [0.05, 0.1) is 0 Å². The lowest BCUT2D eigenvalue weighted by Crippen LogP contribution is -2.50. The van der Waals surface area contributed by atoms with Crippen LogP contribution in [-0.2, 0) is 17.5 Å². The van der Waals surface area contributed by atoms with Crippen LogP contribution in [0.2, 0.25) is 0 Å². The van der Waals surface area contributed by atoms with Gasteiger partial charge in [-0.1, -0.05) is 30.3 Å². The molecule has 3 rings (SSSR count). The van der Waals surface area contributed by atoms with Crippen LogP contribution in [-0.4, -0.2) is 51.7 Å². The van der Waals surface area contributed by atoms with E-state index < -0.39 is 17.9 Å². The summed E-state index contributed by atoms with van der Waals surface area (Å²) in [5, 5.41) is 3.60. The van der Waals surface area contributed by atoms with Gasteiger partial charge in [-0.25, -0.2) is 0 Å². The fourth-order valence-electron chi connectivity index (χ4n) is 3.36. The molecule has 1 amide bonds. The number of halogens is 3. The molecule has 2 heterocycles. The average Bonchev–Trinajstić information content (AvgIpc) is 3.04. The zero-order chi connectivity index (χ0) is 19.6. The number of nitrogens with zero attached hydrogens (tertiary/aromatic N) is 4. The van der Waals surface area contributed by atoms with Gasteiger partial charge in [0.15, 0.2) is 5.69 Å². The quantitative estimate of drug-likeness (QED) is 0.819. The van der Waals surface area contributed by atoms with E-state index in [1.807, 2.05) is 18.2 Å². The number of hydrogen-bond donors (Lipinski definition) is 0. The van der Waals surface area contributed by atoms with Gasteiger partial charge in [-0.3, -0.25) is 14.4 Å². The summed E-state index contributed by atoms with van der Waals surface area (Å²) in [7, 11) is 0. The van der Waals surface area contributed by atoms with E-state index in [0.29, 0.717) is 18.8 Å². The van der Waals surface area contributed by atoms with E-state index in [1.54, 1.807) is 11.8 Å². The molecule has 8 heteroatoms. The Labute approximate surface area is 156 Å². The van der Waals surface area contributed by atoms with Crippen LogP contribution in [0.25, 0.3) is 0 Å². The van der Waals surface area contributed by atoms with Crippen LogP contribution >= 0.6 is 0 Å². The molecule has 1 aliphatic rings. The van der Waals surface area contributed by atoms with Crippen molar-refractivity contribution < 1.29 is 18.0 Å². The van der Waals surface area contributed by atoms with E-state index in [2.05, 4.69) is 22.1 Å². The summed E-state index contributed by atoms with van der Waals surface area (Å²) in [5.74, 6) is -0.200. The average molecular weight is 380 g/mol. The molecule has 0 aliphatic carbocycles. The summed E-state index contributed by atoms with van der Waals surface area (Å²) in [6.45, 7) is 6.54. The van der Waals surface area contributed by atoms with E-state index >= 15 is 0 Å². The van der Waals surface area contributed by atoms with Gasteiger partial charge < -0.3 is 4.90 Å². The molecular formula is C19H23F3N4O. The van der Waals surface area contributed by atoms with E-state index in [1.165, 1.54) is 17.2 Å². The van der Waals surface area contributed by atoms with Gasteiger partial charge in [0.1, 0.15) is 6.04 Å². The first-order chi connectivity index (χ1) is 12.8. The molecular weight excluding hydrogens is 357 g/mol. The van der Waals surface area contributed by atoms with E-state index in [-0.39, 0.29) is 5.91 Å². The van der Waals surface area contributed by atoms with Crippen molar-refractivity contribution in [1.29, 1.82) is 0 Å². The Bertz CT molecular complexity index is 780. The van der Waals surface area contributed by atoms with Crippen molar-refractivity contribution in [1.82, 2.24) is 19.6 Å². The molecule has 1 aliphatic heterocycles. The second-order valence-corrected chi connectivity index (χ2v) is 6.88. The lowest BCUT2D eigenvalue weighted by molar-refractivity contribution is -0.143. The highest BCUT2D eigenvalue weighted by Gasteiger charge is 2.36. The van der Waals surface area contributed by atoms with Crippen LogP contribution in [0.4, 0.5) is 13.2 Å². The Balaban J connectivity index is 1.60. The zero-order valence-electron chi connectivity index (χ0n) is 15.4. The van der Waals surface area contributed by atoms with Crippen LogP contribution in [0.5, 0.6) is 0 Å². The molecule has 0 bridgehead atoms. The number of carbonyl (C=O) groups is 1. The third kappa shape index (κ3) is 4.50. The molecule has 1 unspecified atom stereocenters. The first-order valence-corrected chi connectivity index (χ1v) is 8.94. The van der Waals surface area contributed by atoms with Gasteiger partial charge in [-0.2, -0.15) is 18.3 Å². The lowest BCUT2D eigenvalue weighted by atomic mass is 10.2. The largest absolute Gasteiger partial charge is 0.435 e. The highest BCUT2D eigenvalue weighted by Crippen LogP contribution is 2.29. The number of benzene rings is 1. The number of aromatic nitrogens is 2. The molecule has 146 valence electrons. The normalized spacial score (nSPS) is 17.1. The fraction of sp³-hybridized carbons (Fsp3) is 0.474. The zero-order valence-corrected chi connectivity index (χ0v) is 15.4. The number of amides is 1. The van der Waals surface area contributed by atoms with Crippen LogP contribution in [0.3, 0.4) is 0 Å². The Morgan fingerprint density at radius 3 is 2.33 bits per heavy atom. The third-order valence-corrected chi connectivity index (χ3v) is 4.87. The molecule has 1 saturated heterocycles. The number of rotatable bonds is 4. The summed E-state index contributed by atoms with van der Waals surface area (Å²) in [5.41, 5.74) is 0.579. The topological polar surface area (TPSA) is 41.4 Å². The summed E-state index contributed by atoms with van der Waals surface area (Å²) < 4.78 is 39.7. The number of carbonyl (C=O) groups excluding carboxylic acids is 1. The Kier molecular flexibility index (Phi) is 5.55. The molecule has 0 spiro atoms. The van der Waals surface area contributed by atoms with Crippen LogP contribution in [0, 0.1) is 6.92 Å². The van der Waals surface area contributed by atoms with Crippen LogP contribution in [0.15, 0.2) is 36.4 Å². The molecule has 1 fully saturated rings. The molecule has 0 N–H and O–H groups in total. The Morgan fingerprint density at radius 1 is 1.15 bits per heavy atom. The van der Waals surface area contributed by atoms with Gasteiger partial charge in [0, 0.05) is 38.4 Å². The number of aryl methyl sites for hydroxylation is 1. The SMILES string of the molecule is Cc1cc(C(F)(F)F)nn1C(C)C(=O)N1CCN(Cc2ccccc2)CC1. The van der Waals surface area contributed by atoms with Crippen molar-refractivity contribution in [3.05, 3.63) is 53.3 Å². The molecule has 1 atom stereocenters. The third-order valence-electron chi connectivity index (χ3n) is 4.87. The molecule has 1 aromatic heterocycles. The maximum Gasteiger partial charge on any atom is 0.435 e. The maximum absolute atomic E-state index is 12.8. The van der Waals surface area contributed by atoms with E-state index in [4.69, 9.17) is 0 Å². The molecule has 2 aromatic rings. The van der Waals surface area contributed by atoms with E-state index in [9.17, 15) is 18.0 Å². The summed E-state index contributed by atoms with van der Waals surface area (Å²) in [4.78, 5) is 16.7. The summed E-state index contributed by atoms with van der Waals surface area (Å²) in [6.07, 6.45) is -4.51. The Morgan fingerprint density at radius 2 is 1.78 bits per heavy atom. The number of alkyl halides is 3. The standard InChI is InChI=1S/C19H23F3N4O/c1-14-12-17(19(20,21)22)23-26(14)15(2)18(27)25-10-8-24(9-11-25)13-16-6-4-3-5-7-16/h3-7,12,15H,8-11,13H2,1-2H3. The predicted molar refractivity (Wildman–Crippen MR) is 95.0 cm³/mol. The van der Waals surface area contributed by atoms with Gasteiger partial charge >= 0.3 is 6.18 Å².